The number of aryl methyl sites for hydroxylation is 1. The van der Waals surface area contributed by atoms with Crippen LogP contribution in [-0.4, -0.2) is 45.3 Å². The van der Waals surface area contributed by atoms with E-state index in [1.807, 2.05) is 0 Å². The molecule has 0 aliphatic carbocycles. The standard InChI is InChI=1S/C15H15ClFN3O4/c1-8-18-19-13(24-8)7-23-10-5-20(6-10)15(22)14(21)11-3-2-9(16)4-12(11)17/h2-4,10,14,21H,5-7H2,1H3. The van der Waals surface area contributed by atoms with E-state index in [9.17, 15) is 14.3 Å². The lowest BCUT2D eigenvalue weighted by atomic mass is 10.0. The molecule has 1 fully saturated rings. The largest absolute Gasteiger partial charge is 0.423 e. The van der Waals surface area contributed by atoms with Crippen LogP contribution in [0.2, 0.25) is 5.02 Å². The van der Waals surface area contributed by atoms with Crippen LogP contribution in [0.5, 0.6) is 0 Å². The van der Waals surface area contributed by atoms with Gasteiger partial charge in [-0.15, -0.1) is 10.2 Å². The Morgan fingerprint density at radius 3 is 2.92 bits per heavy atom. The van der Waals surface area contributed by atoms with Gasteiger partial charge in [0.1, 0.15) is 12.4 Å². The Morgan fingerprint density at radius 1 is 1.54 bits per heavy atom. The maximum Gasteiger partial charge on any atom is 0.256 e. The number of halogens is 2. The van der Waals surface area contributed by atoms with E-state index in [1.54, 1.807) is 6.92 Å². The van der Waals surface area contributed by atoms with Crippen molar-refractivity contribution in [2.75, 3.05) is 13.1 Å². The molecule has 1 aromatic carbocycles. The summed E-state index contributed by atoms with van der Waals surface area (Å²) >= 11 is 5.66. The van der Waals surface area contributed by atoms with E-state index in [4.69, 9.17) is 20.8 Å². The number of nitrogens with zero attached hydrogens (tertiary/aromatic N) is 3. The molecule has 1 atom stereocenters. The smallest absolute Gasteiger partial charge is 0.256 e. The predicted molar refractivity (Wildman–Crippen MR) is 80.6 cm³/mol. The molecular formula is C15H15ClFN3O4. The SMILES string of the molecule is Cc1nnc(COC2CN(C(=O)C(O)c3ccc(Cl)cc3F)C2)o1. The summed E-state index contributed by atoms with van der Waals surface area (Å²) in [7, 11) is 0. The first-order valence-corrected chi connectivity index (χ1v) is 7.64. The van der Waals surface area contributed by atoms with Crippen LogP contribution in [0.3, 0.4) is 0 Å². The van der Waals surface area contributed by atoms with Crippen molar-refractivity contribution in [1.82, 2.24) is 15.1 Å². The number of aromatic nitrogens is 2. The lowest BCUT2D eigenvalue weighted by molar-refractivity contribution is -0.155. The zero-order valence-corrected chi connectivity index (χ0v) is 13.5. The molecule has 1 N–H and O–H groups in total. The molecule has 2 aromatic rings. The molecule has 0 spiro atoms. The van der Waals surface area contributed by atoms with Gasteiger partial charge >= 0.3 is 0 Å². The van der Waals surface area contributed by atoms with Crippen molar-refractivity contribution < 1.29 is 23.4 Å². The maximum atomic E-state index is 13.8. The van der Waals surface area contributed by atoms with Crippen LogP contribution in [0.25, 0.3) is 0 Å². The summed E-state index contributed by atoms with van der Waals surface area (Å²) in [6.07, 6.45) is -1.76. The summed E-state index contributed by atoms with van der Waals surface area (Å²) in [5, 5.41) is 17.7. The second-order valence-corrected chi connectivity index (χ2v) is 5.90. The van der Waals surface area contributed by atoms with Gasteiger partial charge in [-0.1, -0.05) is 17.7 Å². The van der Waals surface area contributed by atoms with Gasteiger partial charge in [0.05, 0.1) is 6.10 Å². The van der Waals surface area contributed by atoms with Crippen molar-refractivity contribution in [1.29, 1.82) is 0 Å². The van der Waals surface area contributed by atoms with E-state index in [0.717, 1.165) is 6.07 Å². The average molecular weight is 356 g/mol. The minimum atomic E-state index is -1.57. The zero-order valence-electron chi connectivity index (χ0n) is 12.8. The molecular weight excluding hydrogens is 341 g/mol. The van der Waals surface area contributed by atoms with Gasteiger partial charge in [-0.3, -0.25) is 4.79 Å². The molecule has 0 radical (unpaired) electrons. The first-order valence-electron chi connectivity index (χ1n) is 7.26. The van der Waals surface area contributed by atoms with Crippen LogP contribution >= 0.6 is 11.6 Å². The molecule has 9 heteroatoms. The Kier molecular flexibility index (Phi) is 4.79. The minimum absolute atomic E-state index is 0.102. The third-order valence-corrected chi connectivity index (χ3v) is 3.90. The van der Waals surface area contributed by atoms with E-state index < -0.39 is 17.8 Å². The number of benzene rings is 1. The number of hydrogen-bond acceptors (Lipinski definition) is 6. The fraction of sp³-hybridized carbons (Fsp3) is 0.400. The second kappa shape index (κ2) is 6.84. The van der Waals surface area contributed by atoms with Crippen molar-refractivity contribution in [2.24, 2.45) is 0 Å². The molecule has 0 saturated carbocycles. The van der Waals surface area contributed by atoms with Crippen molar-refractivity contribution in [2.45, 2.75) is 25.7 Å². The quantitative estimate of drug-likeness (QED) is 0.877. The summed E-state index contributed by atoms with van der Waals surface area (Å²) in [5.74, 6) is -0.485. The van der Waals surface area contributed by atoms with Crippen LogP contribution in [0, 0.1) is 12.7 Å². The number of ether oxygens (including phenoxy) is 1. The Bertz CT molecular complexity index is 748. The number of amides is 1. The number of aliphatic hydroxyl groups excluding tert-OH is 1. The third kappa shape index (κ3) is 3.55. The van der Waals surface area contributed by atoms with E-state index in [-0.39, 0.29) is 23.3 Å². The number of likely N-dealkylation sites (tertiary alicyclic amines) is 1. The highest BCUT2D eigenvalue weighted by atomic mass is 35.5. The van der Waals surface area contributed by atoms with Gasteiger partial charge in [-0.05, 0) is 12.1 Å². The first-order chi connectivity index (χ1) is 11.4. The molecule has 2 heterocycles. The Balaban J connectivity index is 1.50. The van der Waals surface area contributed by atoms with E-state index in [2.05, 4.69) is 10.2 Å². The van der Waals surface area contributed by atoms with Gasteiger partial charge in [0.25, 0.3) is 5.91 Å². The van der Waals surface area contributed by atoms with Crippen LogP contribution in [0.1, 0.15) is 23.4 Å². The van der Waals surface area contributed by atoms with Crippen LogP contribution in [0.4, 0.5) is 4.39 Å². The third-order valence-electron chi connectivity index (χ3n) is 3.66. The molecule has 24 heavy (non-hydrogen) atoms. The van der Waals surface area contributed by atoms with Gasteiger partial charge in [-0.25, -0.2) is 4.39 Å². The highest BCUT2D eigenvalue weighted by Gasteiger charge is 2.36. The lowest BCUT2D eigenvalue weighted by Crippen LogP contribution is -2.56. The van der Waals surface area contributed by atoms with Crippen molar-refractivity contribution in [3.63, 3.8) is 0 Å². The second-order valence-electron chi connectivity index (χ2n) is 5.46. The first kappa shape index (κ1) is 16.8. The number of rotatable bonds is 5. The molecule has 1 amide bonds. The molecule has 1 unspecified atom stereocenters. The summed E-state index contributed by atoms with van der Waals surface area (Å²) in [4.78, 5) is 13.6. The van der Waals surface area contributed by atoms with E-state index in [1.165, 1.54) is 17.0 Å². The van der Waals surface area contributed by atoms with Gasteiger partial charge in [0.2, 0.25) is 11.8 Å². The minimum Gasteiger partial charge on any atom is -0.423 e. The monoisotopic (exact) mass is 355 g/mol. The topological polar surface area (TPSA) is 88.7 Å². The molecule has 1 aliphatic rings. The number of carbonyl (C=O) groups excluding carboxylic acids is 1. The van der Waals surface area contributed by atoms with E-state index in [0.29, 0.717) is 24.9 Å². The van der Waals surface area contributed by atoms with Crippen molar-refractivity contribution >= 4 is 17.5 Å². The fourth-order valence-corrected chi connectivity index (χ4v) is 2.50. The van der Waals surface area contributed by atoms with Gasteiger partial charge < -0.3 is 19.2 Å². The zero-order chi connectivity index (χ0) is 17.3. The summed E-state index contributed by atoms with van der Waals surface area (Å²) in [6, 6.07) is 3.78. The Hall–Kier alpha value is -2.03. The maximum absolute atomic E-state index is 13.8. The molecule has 1 aliphatic heterocycles. The van der Waals surface area contributed by atoms with Gasteiger partial charge in [0.15, 0.2) is 6.10 Å². The van der Waals surface area contributed by atoms with Crippen LogP contribution < -0.4 is 0 Å². The summed E-state index contributed by atoms with van der Waals surface area (Å²) < 4.78 is 24.5. The normalized spacial score (nSPS) is 16.1. The number of aliphatic hydroxyl groups is 1. The van der Waals surface area contributed by atoms with Gasteiger partial charge in [0, 0.05) is 30.6 Å². The van der Waals surface area contributed by atoms with Gasteiger partial charge in [-0.2, -0.15) is 0 Å². The van der Waals surface area contributed by atoms with E-state index >= 15 is 0 Å². The number of carbonyl (C=O) groups is 1. The van der Waals surface area contributed by atoms with Crippen LogP contribution in [0.15, 0.2) is 22.6 Å². The fourth-order valence-electron chi connectivity index (χ4n) is 2.34. The molecule has 0 bridgehead atoms. The summed E-state index contributed by atoms with van der Waals surface area (Å²) in [5.41, 5.74) is -0.102. The number of hydrogen-bond donors (Lipinski definition) is 1. The van der Waals surface area contributed by atoms with Crippen LogP contribution in [-0.2, 0) is 16.1 Å². The molecule has 128 valence electrons. The highest BCUT2D eigenvalue weighted by Crippen LogP contribution is 2.25. The predicted octanol–water partition coefficient (Wildman–Crippen LogP) is 1.63. The summed E-state index contributed by atoms with van der Waals surface area (Å²) in [6.45, 7) is 2.44. The molecule has 1 aromatic heterocycles. The molecule has 7 nitrogen and oxygen atoms in total. The molecule has 1 saturated heterocycles. The van der Waals surface area contributed by atoms with Crippen molar-refractivity contribution in [3.8, 4) is 0 Å². The molecule has 3 rings (SSSR count). The Labute approximate surface area is 142 Å². The highest BCUT2D eigenvalue weighted by molar-refractivity contribution is 6.30. The van der Waals surface area contributed by atoms with Crippen molar-refractivity contribution in [3.05, 3.63) is 46.4 Å². The average Bonchev–Trinajstić information content (AvgIpc) is 2.90. The Morgan fingerprint density at radius 2 is 2.29 bits per heavy atom. The lowest BCUT2D eigenvalue weighted by Gasteiger charge is -2.39.